The maximum absolute atomic E-state index is 12.8. The first-order valence-corrected chi connectivity index (χ1v) is 7.37. The lowest BCUT2D eigenvalue weighted by molar-refractivity contribution is -0.138. The van der Waals surface area contributed by atoms with Crippen LogP contribution in [-0.2, 0) is 6.18 Å². The number of benzene rings is 1. The second-order valence-electron chi connectivity index (χ2n) is 4.75. The minimum absolute atomic E-state index is 0.0516. The average Bonchev–Trinajstić information content (AvgIpc) is 2.86. The van der Waals surface area contributed by atoms with Crippen molar-refractivity contribution in [3.05, 3.63) is 33.8 Å². The molecule has 2 nitrogen and oxygen atoms in total. The fraction of sp³-hybridized carbons (Fsp3) is 0.462. The van der Waals surface area contributed by atoms with Gasteiger partial charge in [-0.1, -0.05) is 15.9 Å². The molecule has 1 fully saturated rings. The Morgan fingerprint density at radius 3 is 2.70 bits per heavy atom. The number of nitrogens with zero attached hydrogens (tertiary/aromatic N) is 1. The van der Waals surface area contributed by atoms with Crippen molar-refractivity contribution in [2.45, 2.75) is 12.6 Å². The number of hydrogen-bond acceptors (Lipinski definition) is 1. The van der Waals surface area contributed by atoms with Crippen molar-refractivity contribution in [1.29, 1.82) is 0 Å². The van der Waals surface area contributed by atoms with Crippen LogP contribution in [0.4, 0.5) is 13.2 Å². The average molecular weight is 371 g/mol. The van der Waals surface area contributed by atoms with E-state index in [1.165, 1.54) is 12.1 Å². The Hall–Kier alpha value is -0.750. The Labute approximate surface area is 128 Å². The summed E-state index contributed by atoms with van der Waals surface area (Å²) >= 11 is 8.59. The predicted molar refractivity (Wildman–Crippen MR) is 73.9 cm³/mol. The van der Waals surface area contributed by atoms with Crippen LogP contribution in [0.3, 0.4) is 0 Å². The summed E-state index contributed by atoms with van der Waals surface area (Å²) < 4.78 is 38.4. The molecule has 1 aromatic rings. The third kappa shape index (κ3) is 3.28. The first-order valence-electron chi connectivity index (χ1n) is 6.05. The second kappa shape index (κ2) is 5.93. The van der Waals surface area contributed by atoms with Gasteiger partial charge in [-0.25, -0.2) is 0 Å². The van der Waals surface area contributed by atoms with Gasteiger partial charge in [0.2, 0.25) is 0 Å². The smallest absolute Gasteiger partial charge is 0.338 e. The van der Waals surface area contributed by atoms with Gasteiger partial charge in [0.25, 0.3) is 5.91 Å². The van der Waals surface area contributed by atoms with Crippen molar-refractivity contribution in [2.24, 2.45) is 5.92 Å². The summed E-state index contributed by atoms with van der Waals surface area (Å²) in [4.78, 5) is 13.8. The third-order valence-corrected chi connectivity index (χ3v) is 4.44. The maximum Gasteiger partial charge on any atom is 0.417 e. The Bertz CT molecular complexity index is 521. The van der Waals surface area contributed by atoms with E-state index in [2.05, 4.69) is 15.9 Å². The van der Waals surface area contributed by atoms with Crippen LogP contribution in [0.2, 0.25) is 0 Å². The Morgan fingerprint density at radius 1 is 1.45 bits per heavy atom. The van der Waals surface area contributed by atoms with Crippen molar-refractivity contribution < 1.29 is 18.0 Å². The summed E-state index contributed by atoms with van der Waals surface area (Å²) in [5, 5.41) is 0. The summed E-state index contributed by atoms with van der Waals surface area (Å²) in [5.74, 6) is 0.298. The van der Waals surface area contributed by atoms with E-state index in [9.17, 15) is 18.0 Å². The molecule has 1 aromatic carbocycles. The number of carbonyl (C=O) groups is 1. The van der Waals surface area contributed by atoms with Gasteiger partial charge in [-0.15, -0.1) is 11.6 Å². The van der Waals surface area contributed by atoms with Crippen LogP contribution in [0.1, 0.15) is 22.3 Å². The van der Waals surface area contributed by atoms with Gasteiger partial charge in [-0.3, -0.25) is 4.79 Å². The molecule has 1 aliphatic rings. The molecule has 0 aliphatic carbocycles. The number of amides is 1. The Kier molecular flexibility index (Phi) is 4.64. The van der Waals surface area contributed by atoms with Crippen LogP contribution in [0.25, 0.3) is 0 Å². The molecule has 0 N–H and O–H groups in total. The second-order valence-corrected chi connectivity index (χ2v) is 5.92. The fourth-order valence-electron chi connectivity index (χ4n) is 2.20. The lowest BCUT2D eigenvalue weighted by Crippen LogP contribution is -2.29. The van der Waals surface area contributed by atoms with Gasteiger partial charge in [-0.05, 0) is 30.5 Å². The molecule has 1 heterocycles. The summed E-state index contributed by atoms with van der Waals surface area (Å²) in [5.41, 5.74) is -0.785. The van der Waals surface area contributed by atoms with Crippen molar-refractivity contribution >= 4 is 33.4 Å². The highest BCUT2D eigenvalue weighted by molar-refractivity contribution is 9.10. The van der Waals surface area contributed by atoms with Crippen LogP contribution >= 0.6 is 27.5 Å². The van der Waals surface area contributed by atoms with Crippen LogP contribution in [0.5, 0.6) is 0 Å². The number of hydrogen-bond donors (Lipinski definition) is 0. The van der Waals surface area contributed by atoms with Crippen molar-refractivity contribution in [2.75, 3.05) is 19.0 Å². The van der Waals surface area contributed by atoms with Gasteiger partial charge in [0.05, 0.1) is 5.56 Å². The minimum atomic E-state index is -4.49. The van der Waals surface area contributed by atoms with Crippen LogP contribution < -0.4 is 0 Å². The zero-order valence-electron chi connectivity index (χ0n) is 10.4. The molecule has 1 unspecified atom stereocenters. The topological polar surface area (TPSA) is 20.3 Å². The maximum atomic E-state index is 12.8. The molecule has 1 amide bonds. The molecule has 7 heteroatoms. The van der Waals surface area contributed by atoms with E-state index in [1.807, 2.05) is 0 Å². The molecule has 110 valence electrons. The number of likely N-dealkylation sites (tertiary alicyclic amines) is 1. The lowest BCUT2D eigenvalue weighted by Gasteiger charge is -2.17. The summed E-state index contributed by atoms with van der Waals surface area (Å²) in [6.07, 6.45) is -3.70. The van der Waals surface area contributed by atoms with E-state index in [0.29, 0.717) is 19.0 Å². The van der Waals surface area contributed by atoms with E-state index in [1.54, 1.807) is 4.90 Å². The number of halogens is 5. The van der Waals surface area contributed by atoms with E-state index < -0.39 is 11.7 Å². The molecule has 0 spiro atoms. The van der Waals surface area contributed by atoms with Gasteiger partial charge in [0, 0.05) is 29.0 Å². The third-order valence-electron chi connectivity index (χ3n) is 3.31. The van der Waals surface area contributed by atoms with E-state index in [4.69, 9.17) is 11.6 Å². The first kappa shape index (κ1) is 15.6. The highest BCUT2D eigenvalue weighted by Crippen LogP contribution is 2.35. The normalized spacial score (nSPS) is 19.4. The van der Waals surface area contributed by atoms with Gasteiger partial charge in [0.15, 0.2) is 0 Å². The first-order chi connectivity index (χ1) is 9.32. The van der Waals surface area contributed by atoms with Gasteiger partial charge in [-0.2, -0.15) is 13.2 Å². The minimum Gasteiger partial charge on any atom is -0.338 e. The zero-order valence-corrected chi connectivity index (χ0v) is 12.7. The number of carbonyl (C=O) groups excluding carboxylic acids is 1. The molecule has 1 saturated heterocycles. The molecular weight excluding hydrogens is 359 g/mol. The molecular formula is C13H12BrClF3NO. The predicted octanol–water partition coefficient (Wildman–Crippen LogP) is 4.17. The molecule has 0 radical (unpaired) electrons. The van der Waals surface area contributed by atoms with Crippen LogP contribution in [-0.4, -0.2) is 29.8 Å². The monoisotopic (exact) mass is 369 g/mol. The Morgan fingerprint density at radius 2 is 2.15 bits per heavy atom. The van der Waals surface area contributed by atoms with Crippen LogP contribution in [0.15, 0.2) is 22.7 Å². The van der Waals surface area contributed by atoms with Gasteiger partial charge < -0.3 is 4.90 Å². The Balaban J connectivity index is 2.23. The lowest BCUT2D eigenvalue weighted by atomic mass is 10.1. The SMILES string of the molecule is O=C(c1ccc(Br)c(C(F)(F)F)c1)N1CCC(CCl)C1. The standard InChI is InChI=1S/C13H12BrClF3NO/c14-11-2-1-9(5-10(11)13(16,17)18)12(20)19-4-3-8(6-15)7-19/h1-2,5,8H,3-4,6-7H2. The molecule has 1 atom stereocenters. The molecule has 2 rings (SSSR count). The van der Waals surface area contributed by atoms with Gasteiger partial charge in [0.1, 0.15) is 0 Å². The highest BCUT2D eigenvalue weighted by Gasteiger charge is 2.34. The molecule has 0 bridgehead atoms. The summed E-state index contributed by atoms with van der Waals surface area (Å²) in [6, 6.07) is 3.54. The molecule has 1 aliphatic heterocycles. The van der Waals surface area contributed by atoms with Crippen molar-refractivity contribution in [1.82, 2.24) is 4.90 Å². The molecule has 20 heavy (non-hydrogen) atoms. The molecule has 0 aromatic heterocycles. The largest absolute Gasteiger partial charge is 0.417 e. The van der Waals surface area contributed by atoms with E-state index >= 15 is 0 Å². The number of rotatable bonds is 2. The summed E-state index contributed by atoms with van der Waals surface area (Å²) in [7, 11) is 0. The van der Waals surface area contributed by atoms with Crippen molar-refractivity contribution in [3.8, 4) is 0 Å². The zero-order chi connectivity index (χ0) is 14.9. The van der Waals surface area contributed by atoms with Gasteiger partial charge >= 0.3 is 6.18 Å². The number of alkyl halides is 4. The molecule has 0 saturated carbocycles. The van der Waals surface area contributed by atoms with Crippen LogP contribution in [0, 0.1) is 5.92 Å². The van der Waals surface area contributed by atoms with E-state index in [-0.39, 0.29) is 21.9 Å². The highest BCUT2D eigenvalue weighted by atomic mass is 79.9. The van der Waals surface area contributed by atoms with E-state index in [0.717, 1.165) is 12.5 Å². The summed E-state index contributed by atoms with van der Waals surface area (Å²) in [6.45, 7) is 1.04. The fourth-order valence-corrected chi connectivity index (χ4v) is 2.92. The quantitative estimate of drug-likeness (QED) is 0.716. The van der Waals surface area contributed by atoms with Crippen molar-refractivity contribution in [3.63, 3.8) is 0 Å².